The van der Waals surface area contributed by atoms with Crippen molar-refractivity contribution in [3.8, 4) is 5.75 Å². The molecule has 3 aromatic carbocycles. The minimum atomic E-state index is -4.33. The van der Waals surface area contributed by atoms with Crippen molar-refractivity contribution >= 4 is 10.0 Å². The Labute approximate surface area is 180 Å². The summed E-state index contributed by atoms with van der Waals surface area (Å²) in [6.07, 6.45) is 0. The fourth-order valence-corrected chi connectivity index (χ4v) is 5.36. The third-order valence-corrected chi connectivity index (χ3v) is 7.23. The molecule has 0 radical (unpaired) electrons. The number of methoxy groups -OCH3 is 1. The summed E-state index contributed by atoms with van der Waals surface area (Å²) in [7, 11) is -2.92. The van der Waals surface area contributed by atoms with Crippen LogP contribution < -0.4 is 4.74 Å². The Morgan fingerprint density at radius 1 is 0.750 bits per heavy atom. The summed E-state index contributed by atoms with van der Waals surface area (Å²) < 4.78 is 103. The lowest BCUT2D eigenvalue weighted by Crippen LogP contribution is -2.15. The SMILES string of the molecule is COc1ccc(C2C(c3c(F)c(F)c(F)c(F)c3F)N2S(=O)(=O)c2ccc(C)cc2)cc1. The van der Waals surface area contributed by atoms with E-state index in [1.807, 2.05) is 0 Å². The average Bonchev–Trinajstić information content (AvgIpc) is 3.53. The first-order valence-electron chi connectivity index (χ1n) is 9.35. The van der Waals surface area contributed by atoms with E-state index in [4.69, 9.17) is 4.74 Å². The molecule has 1 aliphatic rings. The molecule has 0 bridgehead atoms. The highest BCUT2D eigenvalue weighted by atomic mass is 32.2. The van der Waals surface area contributed by atoms with Crippen molar-refractivity contribution in [2.45, 2.75) is 23.9 Å². The standard InChI is InChI=1S/C22H16F5NO3S/c1-11-3-9-14(10-4-11)32(29,30)28-21(12-5-7-13(31-2)8-6-12)22(28)15-16(23)18(25)20(27)19(26)17(15)24/h3-10,21-22H,1-2H3. The molecular formula is C22H16F5NO3S. The number of rotatable bonds is 5. The smallest absolute Gasteiger partial charge is 0.244 e. The minimum Gasteiger partial charge on any atom is -0.497 e. The molecule has 3 aromatic rings. The Bertz CT molecular complexity index is 1270. The summed E-state index contributed by atoms with van der Waals surface area (Å²) in [5, 5.41) is 0. The van der Waals surface area contributed by atoms with E-state index < -0.39 is 56.8 Å². The Morgan fingerprint density at radius 2 is 1.25 bits per heavy atom. The van der Waals surface area contributed by atoms with Crippen LogP contribution in [-0.2, 0) is 10.0 Å². The van der Waals surface area contributed by atoms with E-state index in [9.17, 15) is 30.4 Å². The van der Waals surface area contributed by atoms with Crippen LogP contribution in [0.25, 0.3) is 0 Å². The molecule has 1 aliphatic heterocycles. The van der Waals surface area contributed by atoms with Crippen molar-refractivity contribution in [3.05, 3.63) is 94.3 Å². The van der Waals surface area contributed by atoms with Gasteiger partial charge >= 0.3 is 0 Å². The number of benzene rings is 3. The molecule has 3 unspecified atom stereocenters. The van der Waals surface area contributed by atoms with Crippen LogP contribution in [0.2, 0.25) is 0 Å². The van der Waals surface area contributed by atoms with Crippen LogP contribution in [0, 0.1) is 36.0 Å². The predicted octanol–water partition coefficient (Wildman–Crippen LogP) is 5.19. The van der Waals surface area contributed by atoms with Crippen LogP contribution in [0.4, 0.5) is 22.0 Å². The summed E-state index contributed by atoms with van der Waals surface area (Å²) in [6.45, 7) is 1.74. The quantitative estimate of drug-likeness (QED) is 0.224. The van der Waals surface area contributed by atoms with E-state index in [2.05, 4.69) is 0 Å². The van der Waals surface area contributed by atoms with Crippen molar-refractivity contribution in [2.24, 2.45) is 0 Å². The van der Waals surface area contributed by atoms with Gasteiger partial charge in [0.05, 0.1) is 29.7 Å². The highest BCUT2D eigenvalue weighted by Gasteiger charge is 2.59. The van der Waals surface area contributed by atoms with Crippen LogP contribution in [0.5, 0.6) is 5.75 Å². The molecule has 0 amide bonds. The highest BCUT2D eigenvalue weighted by molar-refractivity contribution is 7.89. The van der Waals surface area contributed by atoms with E-state index in [-0.39, 0.29) is 4.90 Å². The van der Waals surface area contributed by atoms with Crippen LogP contribution in [-0.4, -0.2) is 19.8 Å². The van der Waals surface area contributed by atoms with E-state index in [0.29, 0.717) is 11.3 Å². The first-order chi connectivity index (χ1) is 15.1. The molecule has 1 heterocycles. The van der Waals surface area contributed by atoms with Gasteiger partial charge in [-0.1, -0.05) is 29.8 Å². The minimum absolute atomic E-state index is 0.173. The van der Waals surface area contributed by atoms with E-state index in [0.717, 1.165) is 9.87 Å². The highest BCUT2D eigenvalue weighted by Crippen LogP contribution is 2.59. The number of hydrogen-bond acceptors (Lipinski definition) is 3. The van der Waals surface area contributed by atoms with Crippen LogP contribution in [0.1, 0.15) is 28.8 Å². The molecule has 0 spiro atoms. The number of sulfonamides is 1. The molecule has 4 nitrogen and oxygen atoms in total. The van der Waals surface area contributed by atoms with Crippen molar-refractivity contribution in [1.29, 1.82) is 0 Å². The molecule has 168 valence electrons. The lowest BCUT2D eigenvalue weighted by Gasteiger charge is -2.09. The zero-order valence-electron chi connectivity index (χ0n) is 16.7. The molecule has 1 fully saturated rings. The van der Waals surface area contributed by atoms with Gasteiger partial charge in [0.15, 0.2) is 23.3 Å². The van der Waals surface area contributed by atoms with Gasteiger partial charge in [0.25, 0.3) is 0 Å². The topological polar surface area (TPSA) is 46.4 Å². The van der Waals surface area contributed by atoms with E-state index in [1.54, 1.807) is 6.92 Å². The van der Waals surface area contributed by atoms with Gasteiger partial charge in [0.1, 0.15) is 5.75 Å². The van der Waals surface area contributed by atoms with Gasteiger partial charge in [-0.15, -0.1) is 0 Å². The summed E-state index contributed by atoms with van der Waals surface area (Å²) in [5.74, 6) is -10.3. The molecule has 0 saturated carbocycles. The van der Waals surface area contributed by atoms with Crippen molar-refractivity contribution in [1.82, 2.24) is 4.31 Å². The largest absolute Gasteiger partial charge is 0.497 e. The third kappa shape index (κ3) is 3.43. The van der Waals surface area contributed by atoms with Gasteiger partial charge in [0.2, 0.25) is 15.8 Å². The van der Waals surface area contributed by atoms with Crippen molar-refractivity contribution in [2.75, 3.05) is 7.11 Å². The maximum atomic E-state index is 14.6. The summed E-state index contributed by atoms with van der Waals surface area (Å²) >= 11 is 0. The molecule has 0 aromatic heterocycles. The second kappa shape index (κ2) is 7.86. The zero-order valence-corrected chi connectivity index (χ0v) is 17.6. The van der Waals surface area contributed by atoms with Gasteiger partial charge in [-0.05, 0) is 36.8 Å². The number of halogens is 5. The first kappa shape index (κ1) is 22.2. The van der Waals surface area contributed by atoms with Crippen molar-refractivity contribution < 1.29 is 35.1 Å². The third-order valence-electron chi connectivity index (χ3n) is 5.35. The van der Waals surface area contributed by atoms with Crippen molar-refractivity contribution in [3.63, 3.8) is 0 Å². The van der Waals surface area contributed by atoms with Crippen LogP contribution >= 0.6 is 0 Å². The van der Waals surface area contributed by atoms with Gasteiger partial charge in [0, 0.05) is 0 Å². The molecular weight excluding hydrogens is 453 g/mol. The molecule has 10 heteroatoms. The fourth-order valence-electron chi connectivity index (χ4n) is 3.64. The number of hydrogen-bond donors (Lipinski definition) is 0. The summed E-state index contributed by atoms with van der Waals surface area (Å²) in [4.78, 5) is -0.173. The maximum absolute atomic E-state index is 14.6. The zero-order chi connectivity index (χ0) is 23.4. The first-order valence-corrected chi connectivity index (χ1v) is 10.8. The van der Waals surface area contributed by atoms with Gasteiger partial charge in [-0.2, -0.15) is 4.31 Å². The Kier molecular flexibility index (Phi) is 5.46. The van der Waals surface area contributed by atoms with Gasteiger partial charge < -0.3 is 4.74 Å². The predicted molar refractivity (Wildman–Crippen MR) is 105 cm³/mol. The number of aryl methyl sites for hydroxylation is 1. The number of ether oxygens (including phenoxy) is 1. The van der Waals surface area contributed by atoms with Crippen LogP contribution in [0.3, 0.4) is 0 Å². The summed E-state index contributed by atoms with van der Waals surface area (Å²) in [5.41, 5.74) is -0.119. The van der Waals surface area contributed by atoms with E-state index >= 15 is 0 Å². The average molecular weight is 469 g/mol. The molecule has 4 rings (SSSR count). The molecule has 0 aliphatic carbocycles. The number of nitrogens with zero attached hydrogens (tertiary/aromatic N) is 1. The van der Waals surface area contributed by atoms with E-state index in [1.165, 1.54) is 55.6 Å². The molecule has 3 atom stereocenters. The van der Waals surface area contributed by atoms with Crippen LogP contribution in [0.15, 0.2) is 53.4 Å². The molecule has 0 N–H and O–H groups in total. The molecule has 1 saturated heterocycles. The lowest BCUT2D eigenvalue weighted by atomic mass is 10.0. The van der Waals surface area contributed by atoms with Gasteiger partial charge in [-0.3, -0.25) is 0 Å². The monoisotopic (exact) mass is 469 g/mol. The fraction of sp³-hybridized carbons (Fsp3) is 0.182. The lowest BCUT2D eigenvalue weighted by molar-refractivity contribution is 0.368. The molecule has 32 heavy (non-hydrogen) atoms. The summed E-state index contributed by atoms with van der Waals surface area (Å²) in [6, 6.07) is 8.81. The second-order valence-electron chi connectivity index (χ2n) is 7.29. The maximum Gasteiger partial charge on any atom is 0.244 e. The normalized spacial score (nSPS) is 20.3. The Hall–Kier alpha value is -2.98. The Morgan fingerprint density at radius 3 is 1.75 bits per heavy atom. The second-order valence-corrected chi connectivity index (χ2v) is 9.14. The van der Waals surface area contributed by atoms with Gasteiger partial charge in [-0.25, -0.2) is 30.4 Å². The Balaban J connectivity index is 1.88.